The van der Waals surface area contributed by atoms with Crippen LogP contribution in [0.25, 0.3) is 0 Å². The van der Waals surface area contributed by atoms with Gasteiger partial charge in [-0.3, -0.25) is 4.79 Å². The zero-order valence-corrected chi connectivity index (χ0v) is 11.0. The molecule has 2 aromatic rings. The highest BCUT2D eigenvalue weighted by Gasteiger charge is 2.21. The van der Waals surface area contributed by atoms with Crippen LogP contribution in [0.5, 0.6) is 11.5 Å². The van der Waals surface area contributed by atoms with Crippen molar-refractivity contribution >= 4 is 23.1 Å². The van der Waals surface area contributed by atoms with Crippen molar-refractivity contribution in [2.75, 3.05) is 12.3 Å². The van der Waals surface area contributed by atoms with Gasteiger partial charge in [0.15, 0.2) is 28.9 Å². The van der Waals surface area contributed by atoms with E-state index in [9.17, 15) is 9.90 Å². The highest BCUT2D eigenvalue weighted by atomic mass is 16.5. The van der Waals surface area contributed by atoms with Gasteiger partial charge in [-0.15, -0.1) is 10.2 Å². The molecule has 0 unspecified atom stereocenters. The molecule has 1 aliphatic rings. The Kier molecular flexibility index (Phi) is 3.23. The van der Waals surface area contributed by atoms with Gasteiger partial charge in [0.05, 0.1) is 12.2 Å². The predicted octanol–water partition coefficient (Wildman–Crippen LogP) is 2.75. The lowest BCUT2D eigenvalue weighted by Crippen LogP contribution is -2.15. The van der Waals surface area contributed by atoms with Crippen molar-refractivity contribution in [1.29, 1.82) is 0 Å². The van der Waals surface area contributed by atoms with E-state index >= 15 is 0 Å². The molecule has 0 spiro atoms. The first-order valence-corrected chi connectivity index (χ1v) is 6.31. The van der Waals surface area contributed by atoms with Gasteiger partial charge in [0.25, 0.3) is 0 Å². The van der Waals surface area contributed by atoms with Crippen LogP contribution in [0.3, 0.4) is 0 Å². The molecule has 0 amide bonds. The maximum Gasteiger partial charge on any atom is 0.176 e. The minimum absolute atomic E-state index is 0.0204. The molecule has 0 bridgehead atoms. The molecule has 0 fully saturated rings. The maximum absolute atomic E-state index is 11.8. The van der Waals surface area contributed by atoms with Crippen LogP contribution in [0.4, 0.5) is 17.3 Å². The van der Waals surface area contributed by atoms with Crippen LogP contribution in [0.2, 0.25) is 0 Å². The van der Waals surface area contributed by atoms with Gasteiger partial charge in [-0.1, -0.05) is 6.07 Å². The second kappa shape index (κ2) is 5.20. The quantitative estimate of drug-likeness (QED) is 0.824. The van der Waals surface area contributed by atoms with Gasteiger partial charge in [0.2, 0.25) is 0 Å². The number of carbonyl (C=O) groups is 1. The van der Waals surface area contributed by atoms with Crippen molar-refractivity contribution in [3.8, 4) is 11.5 Å². The van der Waals surface area contributed by atoms with Crippen LogP contribution in [0, 0.1) is 0 Å². The number of hydrogen-bond acceptors (Lipinski definition) is 7. The molecule has 1 aromatic heterocycles. The van der Waals surface area contributed by atoms with E-state index in [2.05, 4.69) is 15.2 Å². The fraction of sp³-hybridized carbons (Fsp3) is 0.143. The Morgan fingerprint density at radius 1 is 1.24 bits per heavy atom. The van der Waals surface area contributed by atoms with E-state index in [-0.39, 0.29) is 23.2 Å². The van der Waals surface area contributed by atoms with Gasteiger partial charge in [-0.05, 0) is 24.3 Å². The van der Waals surface area contributed by atoms with E-state index in [0.717, 1.165) is 0 Å². The van der Waals surface area contributed by atoms with Crippen LogP contribution in [0.15, 0.2) is 40.6 Å². The van der Waals surface area contributed by atoms with Gasteiger partial charge in [-0.25, -0.2) is 4.98 Å². The van der Waals surface area contributed by atoms with Crippen molar-refractivity contribution in [2.24, 2.45) is 10.2 Å². The summed E-state index contributed by atoms with van der Waals surface area (Å²) in [5.74, 6) is 0.586. The topological polar surface area (TPSA) is 110 Å². The van der Waals surface area contributed by atoms with Gasteiger partial charge >= 0.3 is 0 Å². The van der Waals surface area contributed by atoms with Crippen molar-refractivity contribution in [3.05, 3.63) is 35.9 Å². The molecule has 106 valence electrons. The fourth-order valence-electron chi connectivity index (χ4n) is 1.97. The van der Waals surface area contributed by atoms with Crippen molar-refractivity contribution in [1.82, 2.24) is 4.98 Å². The minimum Gasteiger partial charge on any atom is -0.504 e. The Morgan fingerprint density at radius 3 is 2.90 bits per heavy atom. The number of ether oxygens (including phenoxy) is 1. The van der Waals surface area contributed by atoms with Crippen LogP contribution in [-0.2, 0) is 0 Å². The monoisotopic (exact) mass is 284 g/mol. The number of hydrogen-bond donors (Lipinski definition) is 2. The smallest absolute Gasteiger partial charge is 0.176 e. The summed E-state index contributed by atoms with van der Waals surface area (Å²) in [6.45, 7) is 0.336. The molecule has 0 atom stereocenters. The average Bonchev–Trinajstić information content (AvgIpc) is 2.49. The lowest BCUT2D eigenvalue weighted by Gasteiger charge is -2.16. The first kappa shape index (κ1) is 13.0. The third kappa shape index (κ3) is 2.53. The summed E-state index contributed by atoms with van der Waals surface area (Å²) in [5.41, 5.74) is 6.45. The number of anilines is 1. The number of pyridine rings is 1. The molecule has 0 aliphatic carbocycles. The second-order valence-corrected chi connectivity index (χ2v) is 4.45. The fourth-order valence-corrected chi connectivity index (χ4v) is 1.97. The Morgan fingerprint density at radius 2 is 2.10 bits per heavy atom. The zero-order valence-electron chi connectivity index (χ0n) is 11.0. The molecular formula is C14H12N4O3. The lowest BCUT2D eigenvalue weighted by molar-refractivity contribution is 0.0934. The summed E-state index contributed by atoms with van der Waals surface area (Å²) >= 11 is 0. The molecule has 0 saturated heterocycles. The Labute approximate surface area is 120 Å². The molecule has 0 saturated carbocycles. The number of aromatic hydroxyl groups is 1. The van der Waals surface area contributed by atoms with Crippen molar-refractivity contribution in [3.63, 3.8) is 0 Å². The van der Waals surface area contributed by atoms with E-state index in [1.165, 1.54) is 12.1 Å². The highest BCUT2D eigenvalue weighted by molar-refractivity contribution is 6.01. The van der Waals surface area contributed by atoms with Gasteiger partial charge in [0.1, 0.15) is 5.69 Å². The summed E-state index contributed by atoms with van der Waals surface area (Å²) in [7, 11) is 0. The highest BCUT2D eigenvalue weighted by Crippen LogP contribution is 2.35. The first-order valence-electron chi connectivity index (χ1n) is 6.31. The number of fused-ring (bicyclic) bond motifs is 1. The average molecular weight is 284 g/mol. The molecule has 3 rings (SSSR count). The van der Waals surface area contributed by atoms with Gasteiger partial charge in [0, 0.05) is 6.42 Å². The van der Waals surface area contributed by atoms with E-state index in [1.54, 1.807) is 18.2 Å². The summed E-state index contributed by atoms with van der Waals surface area (Å²) in [6.07, 6.45) is 0.365. The summed E-state index contributed by atoms with van der Waals surface area (Å²) in [4.78, 5) is 15.7. The van der Waals surface area contributed by atoms with Crippen LogP contribution >= 0.6 is 0 Å². The predicted molar refractivity (Wildman–Crippen MR) is 75.4 cm³/mol. The normalized spacial score (nSPS) is 14.0. The van der Waals surface area contributed by atoms with Crippen molar-refractivity contribution in [2.45, 2.75) is 6.42 Å². The van der Waals surface area contributed by atoms with E-state index in [0.29, 0.717) is 30.0 Å². The molecule has 1 aromatic carbocycles. The molecule has 0 radical (unpaired) electrons. The molecule has 7 heteroatoms. The molecule has 3 N–H and O–H groups in total. The minimum atomic E-state index is -0.111. The Balaban J connectivity index is 1.94. The van der Waals surface area contributed by atoms with E-state index in [4.69, 9.17) is 10.5 Å². The third-order valence-electron chi connectivity index (χ3n) is 3.02. The number of Topliss-reactive ketones (excluding diaryl/α,β-unsaturated/α-hetero) is 1. The number of nitrogen functional groups attached to an aromatic ring is 1. The molecule has 2 heterocycles. The summed E-state index contributed by atoms with van der Waals surface area (Å²) in [6, 6.07) is 7.99. The number of carbonyl (C=O) groups excluding carboxylic acids is 1. The van der Waals surface area contributed by atoms with Crippen molar-refractivity contribution < 1.29 is 14.6 Å². The zero-order chi connectivity index (χ0) is 14.8. The molecule has 21 heavy (non-hydrogen) atoms. The third-order valence-corrected chi connectivity index (χ3v) is 3.02. The van der Waals surface area contributed by atoms with Crippen LogP contribution in [0.1, 0.15) is 16.8 Å². The van der Waals surface area contributed by atoms with Gasteiger partial charge in [-0.2, -0.15) is 0 Å². The number of aromatic nitrogens is 1. The standard InChI is InChI=1S/C14H12N4O3/c15-14-11(20)4-5-12(16-14)18-17-9-3-1-2-8-10(19)6-7-21-13(8)9/h1-5,20H,6-7H2,(H2,15,16). The number of ketones is 1. The maximum atomic E-state index is 11.8. The number of rotatable bonds is 2. The SMILES string of the molecule is Nc1nc(N=Nc2cccc3c2OCCC3=O)ccc1O. The van der Waals surface area contributed by atoms with Crippen LogP contribution in [-0.4, -0.2) is 22.5 Å². The second-order valence-electron chi connectivity index (χ2n) is 4.45. The number of nitrogens with zero attached hydrogens (tertiary/aromatic N) is 3. The number of azo groups is 1. The molecular weight excluding hydrogens is 272 g/mol. The lowest BCUT2D eigenvalue weighted by atomic mass is 10.0. The largest absolute Gasteiger partial charge is 0.504 e. The summed E-state index contributed by atoms with van der Waals surface area (Å²) < 4.78 is 5.50. The van der Waals surface area contributed by atoms with Crippen LogP contribution < -0.4 is 10.5 Å². The number of nitrogens with two attached hydrogens (primary N) is 1. The van der Waals surface area contributed by atoms with E-state index < -0.39 is 0 Å². The summed E-state index contributed by atoms with van der Waals surface area (Å²) in [5, 5.41) is 17.3. The first-order chi connectivity index (χ1) is 10.1. The van der Waals surface area contributed by atoms with E-state index in [1.807, 2.05) is 0 Å². The number of benzene rings is 1. The Hall–Kier alpha value is -2.96. The Bertz CT molecular complexity index is 743. The molecule has 1 aliphatic heterocycles. The van der Waals surface area contributed by atoms with Gasteiger partial charge < -0.3 is 15.6 Å². The molecule has 7 nitrogen and oxygen atoms in total. The number of para-hydroxylation sites is 1.